The third kappa shape index (κ3) is 4.59. The fourth-order valence-electron chi connectivity index (χ4n) is 6.18. The molecule has 3 amide bonds. The highest BCUT2D eigenvalue weighted by Gasteiger charge is 2.75. The molecule has 0 aliphatic carbocycles. The zero-order valence-corrected chi connectivity index (χ0v) is 23.3. The van der Waals surface area contributed by atoms with Crippen LogP contribution in [0.5, 0.6) is 0 Å². The number of alkyl halides is 1. The highest BCUT2D eigenvalue weighted by atomic mass is 79.9. The van der Waals surface area contributed by atoms with Gasteiger partial charge in [-0.05, 0) is 62.4 Å². The molecule has 9 heteroatoms. The van der Waals surface area contributed by atoms with Gasteiger partial charge in [-0.3, -0.25) is 14.4 Å². The molecule has 3 aliphatic heterocycles. The van der Waals surface area contributed by atoms with Gasteiger partial charge in [-0.25, -0.2) is 0 Å². The van der Waals surface area contributed by atoms with Crippen molar-refractivity contribution in [1.29, 1.82) is 0 Å². The number of hydrogen-bond acceptors (Lipinski definition) is 5. The molecule has 2 bridgehead atoms. The van der Waals surface area contributed by atoms with Gasteiger partial charge in [0.15, 0.2) is 0 Å². The molecule has 5 rings (SSSR count). The second kappa shape index (κ2) is 10.4. The van der Waals surface area contributed by atoms with Crippen molar-refractivity contribution in [3.63, 3.8) is 0 Å². The van der Waals surface area contributed by atoms with Gasteiger partial charge in [0.1, 0.15) is 6.04 Å². The highest BCUT2D eigenvalue weighted by Crippen LogP contribution is 2.67. The second-order valence-corrected chi connectivity index (χ2v) is 13.0. The van der Waals surface area contributed by atoms with Gasteiger partial charge in [0.2, 0.25) is 17.7 Å². The molecule has 7 nitrogen and oxygen atoms in total. The van der Waals surface area contributed by atoms with Crippen molar-refractivity contribution in [3.05, 3.63) is 59.7 Å². The number of aliphatic hydroxyl groups is 1. The lowest BCUT2D eigenvalue weighted by molar-refractivity contribution is -0.138. The zero-order chi connectivity index (χ0) is 26.3. The van der Waals surface area contributed by atoms with Crippen LogP contribution < -0.4 is 10.6 Å². The molecule has 6 atom stereocenters. The Hall–Kier alpha value is -2.36. The van der Waals surface area contributed by atoms with Crippen molar-refractivity contribution in [2.75, 3.05) is 23.8 Å². The molecule has 0 aromatic heterocycles. The molecular weight excluding hydrogens is 554 g/mol. The maximum Gasteiger partial charge on any atom is 0.248 e. The zero-order valence-electron chi connectivity index (χ0n) is 20.9. The largest absolute Gasteiger partial charge is 0.396 e. The third-order valence-electron chi connectivity index (χ3n) is 7.84. The lowest BCUT2D eigenvalue weighted by atomic mass is 9.70. The van der Waals surface area contributed by atoms with Crippen LogP contribution in [0.25, 0.3) is 0 Å². The minimum Gasteiger partial charge on any atom is -0.396 e. The van der Waals surface area contributed by atoms with Crippen molar-refractivity contribution in [2.24, 2.45) is 11.8 Å². The molecule has 3 N–H and O–H groups in total. The van der Waals surface area contributed by atoms with Gasteiger partial charge in [0.25, 0.3) is 0 Å². The number of fused-ring (bicyclic) bond motifs is 1. The Morgan fingerprint density at radius 2 is 1.86 bits per heavy atom. The molecule has 3 unspecified atom stereocenters. The summed E-state index contributed by atoms with van der Waals surface area (Å²) in [6.45, 7) is 4.32. The fraction of sp³-hybridized carbons (Fsp3) is 0.464. The highest BCUT2D eigenvalue weighted by molar-refractivity contribution is 9.09. The summed E-state index contributed by atoms with van der Waals surface area (Å²) in [4.78, 5) is 43.3. The van der Waals surface area contributed by atoms with E-state index in [4.69, 9.17) is 0 Å². The van der Waals surface area contributed by atoms with E-state index in [0.717, 1.165) is 16.8 Å². The van der Waals surface area contributed by atoms with Crippen LogP contribution in [0.4, 0.5) is 11.4 Å². The SMILES string of the molecule is Cc1ccc(C)c(NC(=O)C2N(CCCCO)C(=O)[C@@H]3[C@@H](C(=O)Nc4ccccc4)[C@@H]4SC23CC4Br)c1. The van der Waals surface area contributed by atoms with E-state index < -0.39 is 22.6 Å². The number of nitrogens with zero attached hydrogens (tertiary/aromatic N) is 1. The van der Waals surface area contributed by atoms with E-state index in [-0.39, 0.29) is 34.4 Å². The van der Waals surface area contributed by atoms with E-state index in [0.29, 0.717) is 31.5 Å². The minimum atomic E-state index is -0.701. The van der Waals surface area contributed by atoms with Crippen LogP contribution in [0.1, 0.15) is 30.4 Å². The van der Waals surface area contributed by atoms with Gasteiger partial charge < -0.3 is 20.6 Å². The summed E-state index contributed by atoms with van der Waals surface area (Å²) in [5, 5.41) is 15.4. The number of para-hydroxylation sites is 1. The lowest BCUT2D eigenvalue weighted by Crippen LogP contribution is -2.52. The normalized spacial score (nSPS) is 29.9. The number of thioether (sulfide) groups is 1. The van der Waals surface area contributed by atoms with Crippen molar-refractivity contribution in [1.82, 2.24) is 4.90 Å². The summed E-state index contributed by atoms with van der Waals surface area (Å²) in [6, 6.07) is 14.5. The number of anilines is 2. The Kier molecular flexibility index (Phi) is 7.40. The van der Waals surface area contributed by atoms with E-state index in [1.54, 1.807) is 16.7 Å². The molecule has 37 heavy (non-hydrogen) atoms. The van der Waals surface area contributed by atoms with E-state index in [1.807, 2.05) is 62.4 Å². The van der Waals surface area contributed by atoms with Gasteiger partial charge in [-0.1, -0.05) is 46.3 Å². The van der Waals surface area contributed by atoms with Crippen molar-refractivity contribution in [2.45, 2.75) is 54.0 Å². The number of nitrogens with one attached hydrogen (secondary N) is 2. The van der Waals surface area contributed by atoms with Crippen LogP contribution >= 0.6 is 27.7 Å². The lowest BCUT2D eigenvalue weighted by Gasteiger charge is -2.35. The number of hydrogen-bond donors (Lipinski definition) is 3. The monoisotopic (exact) mass is 585 g/mol. The van der Waals surface area contributed by atoms with E-state index >= 15 is 0 Å². The molecule has 1 spiro atoms. The van der Waals surface area contributed by atoms with Gasteiger partial charge in [0, 0.05) is 34.6 Å². The first kappa shape index (κ1) is 26.3. The first-order valence-corrected chi connectivity index (χ1v) is 14.5. The van der Waals surface area contributed by atoms with Crippen LogP contribution in [-0.4, -0.2) is 61.7 Å². The molecular formula is C28H32BrN3O4S. The number of likely N-dealkylation sites (tertiary alicyclic amines) is 1. The van der Waals surface area contributed by atoms with Crippen molar-refractivity contribution >= 4 is 56.8 Å². The van der Waals surface area contributed by atoms with Crippen LogP contribution in [0.3, 0.4) is 0 Å². The van der Waals surface area contributed by atoms with Gasteiger partial charge in [-0.15, -0.1) is 11.8 Å². The van der Waals surface area contributed by atoms with Gasteiger partial charge in [0.05, 0.1) is 16.6 Å². The fourth-order valence-corrected chi connectivity index (χ4v) is 9.80. The molecule has 0 saturated carbocycles. The maximum atomic E-state index is 14.0. The number of rotatable bonds is 8. The molecule has 3 saturated heterocycles. The smallest absolute Gasteiger partial charge is 0.248 e. The second-order valence-electron chi connectivity index (χ2n) is 10.3. The van der Waals surface area contributed by atoms with Crippen LogP contribution in [0, 0.1) is 25.7 Å². The topological polar surface area (TPSA) is 98.7 Å². The predicted octanol–water partition coefficient (Wildman–Crippen LogP) is 4.12. The molecule has 3 aliphatic rings. The third-order valence-corrected chi connectivity index (χ3v) is 11.1. The van der Waals surface area contributed by atoms with Crippen LogP contribution in [0.15, 0.2) is 48.5 Å². The summed E-state index contributed by atoms with van der Waals surface area (Å²) in [7, 11) is 0. The van der Waals surface area contributed by atoms with Crippen molar-refractivity contribution in [3.8, 4) is 0 Å². The Labute approximate surface area is 229 Å². The summed E-state index contributed by atoms with van der Waals surface area (Å²) < 4.78 is -0.699. The number of carbonyl (C=O) groups is 3. The predicted molar refractivity (Wildman–Crippen MR) is 150 cm³/mol. The van der Waals surface area contributed by atoms with E-state index in [2.05, 4.69) is 26.6 Å². The minimum absolute atomic E-state index is 0.0153. The first-order chi connectivity index (χ1) is 17.8. The Morgan fingerprint density at radius 1 is 1.11 bits per heavy atom. The average Bonchev–Trinajstić information content (AvgIpc) is 3.46. The number of carbonyl (C=O) groups excluding carboxylic acids is 3. The quantitative estimate of drug-likeness (QED) is 0.320. The standard InChI is InChI=1S/C28H32BrN3O4S/c1-16-10-11-17(2)20(14-16)31-26(35)24-28-15-19(29)23(37-28)21(25(34)30-18-8-4-3-5-9-18)22(28)27(36)32(24)12-6-7-13-33/h3-5,8-11,14,19,21-24,33H,6-7,12-13,15H2,1-2H3,(H,30,34)(H,31,35)/t19?,21-,22+,23-,24?,28?/m1/s1. The number of amides is 3. The summed E-state index contributed by atoms with van der Waals surface area (Å²) in [6.07, 6.45) is 1.77. The first-order valence-electron chi connectivity index (χ1n) is 12.7. The number of halogens is 1. The number of benzene rings is 2. The molecule has 2 aromatic carbocycles. The molecule has 196 valence electrons. The van der Waals surface area contributed by atoms with Crippen LogP contribution in [-0.2, 0) is 14.4 Å². The van der Waals surface area contributed by atoms with E-state index in [1.165, 1.54) is 0 Å². The number of unbranched alkanes of at least 4 members (excludes halogenated alkanes) is 1. The molecule has 0 radical (unpaired) electrons. The molecule has 3 heterocycles. The van der Waals surface area contributed by atoms with Crippen LogP contribution in [0.2, 0.25) is 0 Å². The average molecular weight is 587 g/mol. The Balaban J connectivity index is 1.49. The molecule has 3 fully saturated rings. The van der Waals surface area contributed by atoms with E-state index in [9.17, 15) is 19.5 Å². The maximum absolute atomic E-state index is 14.0. The van der Waals surface area contributed by atoms with Crippen molar-refractivity contribution < 1.29 is 19.5 Å². The Morgan fingerprint density at radius 3 is 2.59 bits per heavy atom. The van der Waals surface area contributed by atoms with Gasteiger partial charge >= 0.3 is 0 Å². The summed E-state index contributed by atoms with van der Waals surface area (Å²) in [5.74, 6) is -1.66. The number of aryl methyl sites for hydroxylation is 2. The summed E-state index contributed by atoms with van der Waals surface area (Å²) >= 11 is 5.42. The summed E-state index contributed by atoms with van der Waals surface area (Å²) in [5.41, 5.74) is 3.41. The van der Waals surface area contributed by atoms with Gasteiger partial charge in [-0.2, -0.15) is 0 Å². The Bertz CT molecular complexity index is 1210. The molecule has 2 aromatic rings. The number of aliphatic hydroxyl groups excluding tert-OH is 1.